The van der Waals surface area contributed by atoms with Gasteiger partial charge < -0.3 is 10.0 Å². The third-order valence-electron chi connectivity index (χ3n) is 3.90. The van der Waals surface area contributed by atoms with Gasteiger partial charge in [-0.3, -0.25) is 14.9 Å². The Kier molecular flexibility index (Phi) is 4.80. The van der Waals surface area contributed by atoms with E-state index >= 15 is 0 Å². The number of aliphatic hydroxyl groups excluding tert-OH is 1. The van der Waals surface area contributed by atoms with Crippen LogP contribution in [0.4, 0.5) is 5.69 Å². The summed E-state index contributed by atoms with van der Waals surface area (Å²) in [4.78, 5) is 24.2. The molecule has 2 unspecified atom stereocenters. The lowest BCUT2D eigenvalue weighted by Gasteiger charge is -2.35. The number of rotatable bonds is 3. The molecular weight excluding hydrogens is 296 g/mol. The van der Waals surface area contributed by atoms with Crippen molar-refractivity contribution < 1.29 is 14.8 Å². The predicted molar refractivity (Wildman–Crippen MR) is 78.5 cm³/mol. The van der Waals surface area contributed by atoms with E-state index in [4.69, 9.17) is 11.6 Å². The molecule has 0 radical (unpaired) electrons. The van der Waals surface area contributed by atoms with Gasteiger partial charge in [0.15, 0.2) is 0 Å². The first-order chi connectivity index (χ1) is 9.91. The molecule has 1 aliphatic rings. The van der Waals surface area contributed by atoms with Crippen LogP contribution in [0.1, 0.15) is 36.0 Å². The normalized spacial score (nSPS) is 21.9. The summed E-state index contributed by atoms with van der Waals surface area (Å²) in [5.74, 6) is -0.347. The summed E-state index contributed by atoms with van der Waals surface area (Å²) in [7, 11) is 1.61. The minimum absolute atomic E-state index is 0.00287. The molecule has 1 fully saturated rings. The van der Waals surface area contributed by atoms with Gasteiger partial charge in [-0.05, 0) is 25.0 Å². The Bertz CT molecular complexity index is 564. The molecule has 0 aliphatic heterocycles. The van der Waals surface area contributed by atoms with Crippen LogP contribution in [0.3, 0.4) is 0 Å². The molecule has 114 valence electrons. The van der Waals surface area contributed by atoms with Crippen LogP contribution >= 0.6 is 11.6 Å². The highest BCUT2D eigenvalue weighted by Gasteiger charge is 2.30. The quantitative estimate of drug-likeness (QED) is 0.687. The van der Waals surface area contributed by atoms with Crippen molar-refractivity contribution >= 4 is 23.2 Å². The minimum atomic E-state index is -0.616. The number of nitrogens with zero attached hydrogens (tertiary/aromatic N) is 2. The first-order valence-corrected chi connectivity index (χ1v) is 7.18. The summed E-state index contributed by atoms with van der Waals surface area (Å²) in [6.07, 6.45) is 2.77. The third-order valence-corrected chi connectivity index (χ3v) is 4.22. The van der Waals surface area contributed by atoms with E-state index < -0.39 is 11.0 Å². The number of nitro groups is 1. The number of nitro benzene ring substituents is 1. The Morgan fingerprint density at radius 2 is 2.10 bits per heavy atom. The van der Waals surface area contributed by atoms with E-state index in [-0.39, 0.29) is 28.2 Å². The number of benzene rings is 1. The maximum Gasteiger partial charge on any atom is 0.288 e. The smallest absolute Gasteiger partial charge is 0.288 e. The van der Waals surface area contributed by atoms with Crippen molar-refractivity contribution in [2.45, 2.75) is 37.8 Å². The zero-order chi connectivity index (χ0) is 15.6. The van der Waals surface area contributed by atoms with Gasteiger partial charge in [-0.25, -0.2) is 0 Å². The molecule has 0 saturated heterocycles. The van der Waals surface area contributed by atoms with Crippen molar-refractivity contribution in [3.8, 4) is 0 Å². The molecule has 0 bridgehead atoms. The third kappa shape index (κ3) is 3.33. The van der Waals surface area contributed by atoms with Crippen LogP contribution in [0.15, 0.2) is 18.2 Å². The molecule has 1 amide bonds. The van der Waals surface area contributed by atoms with Crippen LogP contribution in [-0.4, -0.2) is 40.0 Å². The molecule has 2 rings (SSSR count). The van der Waals surface area contributed by atoms with E-state index in [1.165, 1.54) is 23.1 Å². The number of halogens is 1. The molecular formula is C14H17ClN2O4. The van der Waals surface area contributed by atoms with Crippen LogP contribution < -0.4 is 0 Å². The van der Waals surface area contributed by atoms with Crippen LogP contribution in [0.5, 0.6) is 0 Å². The Balaban J connectivity index is 2.23. The summed E-state index contributed by atoms with van der Waals surface area (Å²) < 4.78 is 0. The van der Waals surface area contributed by atoms with Crippen molar-refractivity contribution in [2.24, 2.45) is 0 Å². The van der Waals surface area contributed by atoms with Crippen molar-refractivity contribution in [2.75, 3.05) is 7.05 Å². The lowest BCUT2D eigenvalue weighted by molar-refractivity contribution is -0.384. The van der Waals surface area contributed by atoms with Crippen molar-refractivity contribution in [3.63, 3.8) is 0 Å². The predicted octanol–water partition coefficient (Wildman–Crippen LogP) is 2.62. The van der Waals surface area contributed by atoms with Gasteiger partial charge in [0.25, 0.3) is 11.6 Å². The monoisotopic (exact) mass is 312 g/mol. The summed E-state index contributed by atoms with van der Waals surface area (Å²) in [6.45, 7) is 0. The minimum Gasteiger partial charge on any atom is -0.391 e. The topological polar surface area (TPSA) is 83.7 Å². The van der Waals surface area contributed by atoms with Crippen LogP contribution in [0.2, 0.25) is 5.02 Å². The molecule has 1 saturated carbocycles. The number of carbonyl (C=O) groups excluding carboxylic acids is 1. The first-order valence-electron chi connectivity index (χ1n) is 6.81. The molecule has 6 nitrogen and oxygen atoms in total. The molecule has 1 aromatic carbocycles. The molecule has 0 aromatic heterocycles. The standard InChI is InChI=1S/C14H17ClN2O4/c1-16(11-4-2-3-5-13(11)18)14(19)9-6-7-10(15)12(8-9)17(20)21/h6-8,11,13,18H,2-5H2,1H3. The van der Waals surface area contributed by atoms with Gasteiger partial charge in [0.2, 0.25) is 0 Å². The number of hydrogen-bond donors (Lipinski definition) is 1. The molecule has 0 spiro atoms. The van der Waals surface area contributed by atoms with Crippen molar-refractivity contribution in [3.05, 3.63) is 38.9 Å². The van der Waals surface area contributed by atoms with E-state index in [0.717, 1.165) is 19.3 Å². The summed E-state index contributed by atoms with van der Waals surface area (Å²) in [6, 6.07) is 3.73. The largest absolute Gasteiger partial charge is 0.391 e. The second-order valence-electron chi connectivity index (χ2n) is 5.26. The zero-order valence-electron chi connectivity index (χ0n) is 11.7. The van der Waals surface area contributed by atoms with E-state index in [0.29, 0.717) is 6.42 Å². The molecule has 7 heteroatoms. The maximum atomic E-state index is 12.4. The van der Waals surface area contributed by atoms with Crippen molar-refractivity contribution in [1.82, 2.24) is 4.90 Å². The highest BCUT2D eigenvalue weighted by molar-refractivity contribution is 6.32. The van der Waals surface area contributed by atoms with Gasteiger partial charge in [-0.15, -0.1) is 0 Å². The molecule has 21 heavy (non-hydrogen) atoms. The average molecular weight is 313 g/mol. The highest BCUT2D eigenvalue weighted by Crippen LogP contribution is 2.27. The highest BCUT2D eigenvalue weighted by atomic mass is 35.5. The van der Waals surface area contributed by atoms with Gasteiger partial charge in [-0.2, -0.15) is 0 Å². The SMILES string of the molecule is CN(C(=O)c1ccc(Cl)c([N+](=O)[O-])c1)C1CCCCC1O. The Morgan fingerprint density at radius 3 is 2.71 bits per heavy atom. The molecule has 1 aliphatic carbocycles. The second-order valence-corrected chi connectivity index (χ2v) is 5.67. The van der Waals surface area contributed by atoms with Crippen LogP contribution in [0, 0.1) is 10.1 Å². The number of carbonyl (C=O) groups is 1. The number of hydrogen-bond acceptors (Lipinski definition) is 4. The van der Waals surface area contributed by atoms with Crippen molar-refractivity contribution in [1.29, 1.82) is 0 Å². The summed E-state index contributed by atoms with van der Waals surface area (Å²) in [5, 5.41) is 20.9. The fraction of sp³-hybridized carbons (Fsp3) is 0.500. The van der Waals surface area contributed by atoms with E-state index in [2.05, 4.69) is 0 Å². The lowest BCUT2D eigenvalue weighted by atomic mass is 9.91. The zero-order valence-corrected chi connectivity index (χ0v) is 12.4. The summed E-state index contributed by atoms with van der Waals surface area (Å²) in [5.41, 5.74) is -0.0912. The Labute approximate surface area is 127 Å². The fourth-order valence-electron chi connectivity index (χ4n) is 2.68. The summed E-state index contributed by atoms with van der Waals surface area (Å²) >= 11 is 5.74. The molecule has 1 aromatic rings. The Hall–Kier alpha value is -1.66. The Morgan fingerprint density at radius 1 is 1.43 bits per heavy atom. The molecule has 2 atom stereocenters. The molecule has 1 N–H and O–H groups in total. The van der Waals surface area contributed by atoms with Gasteiger partial charge >= 0.3 is 0 Å². The van der Waals surface area contributed by atoms with Gasteiger partial charge in [0.05, 0.1) is 17.1 Å². The second kappa shape index (κ2) is 6.41. The van der Waals surface area contributed by atoms with Gasteiger partial charge in [0, 0.05) is 18.7 Å². The fourth-order valence-corrected chi connectivity index (χ4v) is 2.87. The van der Waals surface area contributed by atoms with Gasteiger partial charge in [0.1, 0.15) is 5.02 Å². The van der Waals surface area contributed by atoms with E-state index in [1.54, 1.807) is 7.05 Å². The average Bonchev–Trinajstić information content (AvgIpc) is 2.46. The van der Waals surface area contributed by atoms with Gasteiger partial charge in [-0.1, -0.05) is 24.4 Å². The van der Waals surface area contributed by atoms with Crippen LogP contribution in [-0.2, 0) is 0 Å². The molecule has 0 heterocycles. The number of amides is 1. The first kappa shape index (κ1) is 15.7. The number of likely N-dealkylation sites (N-methyl/N-ethyl adjacent to an activating group) is 1. The maximum absolute atomic E-state index is 12.4. The van der Waals surface area contributed by atoms with E-state index in [9.17, 15) is 20.0 Å². The van der Waals surface area contributed by atoms with Crippen LogP contribution in [0.25, 0.3) is 0 Å². The van der Waals surface area contributed by atoms with E-state index in [1.807, 2.05) is 0 Å². The number of aliphatic hydroxyl groups is 1. The lowest BCUT2D eigenvalue weighted by Crippen LogP contribution is -2.46.